The van der Waals surface area contributed by atoms with Crippen molar-refractivity contribution in [2.45, 2.75) is 5.38 Å². The number of ether oxygens (including phenoxy) is 1. The number of nitriles is 1. The molecule has 1 amide bonds. The van der Waals surface area contributed by atoms with Crippen LogP contribution in [0.25, 0.3) is 0 Å². The van der Waals surface area contributed by atoms with Crippen LogP contribution in [0.4, 0.5) is 0 Å². The fraction of sp³-hybridized carbons (Fsp3) is 0.778. The van der Waals surface area contributed by atoms with Gasteiger partial charge in [0.15, 0.2) is 0 Å². The smallest absolute Gasteiger partial charge is 0.234 e. The summed E-state index contributed by atoms with van der Waals surface area (Å²) in [7, 11) is 3.31. The number of nitrogens with one attached hydrogen (secondary N) is 1. The van der Waals surface area contributed by atoms with Gasteiger partial charge in [0.1, 0.15) is 5.38 Å². The Hall–Kier alpha value is -0.830. The van der Waals surface area contributed by atoms with Crippen LogP contribution in [0.15, 0.2) is 0 Å². The Morgan fingerprint density at radius 2 is 2.40 bits per heavy atom. The Labute approximate surface area is 94.9 Å². The maximum absolute atomic E-state index is 11.3. The standard InChI is InChI=1S/C9H16ClN3O2/c1-13(6-8(10)5-11)7-9(14)12-3-4-15-2/h8H,3-4,6-7H2,1-2H3,(H,12,14). The average molecular weight is 234 g/mol. The lowest BCUT2D eigenvalue weighted by molar-refractivity contribution is -0.122. The number of alkyl halides is 1. The molecule has 0 fully saturated rings. The van der Waals surface area contributed by atoms with Gasteiger partial charge < -0.3 is 10.1 Å². The van der Waals surface area contributed by atoms with Crippen molar-refractivity contribution in [2.75, 3.05) is 40.4 Å². The van der Waals surface area contributed by atoms with Gasteiger partial charge in [-0.2, -0.15) is 5.26 Å². The Morgan fingerprint density at radius 3 is 2.93 bits per heavy atom. The second-order valence-corrected chi connectivity index (χ2v) is 3.66. The average Bonchev–Trinajstić information content (AvgIpc) is 2.17. The summed E-state index contributed by atoms with van der Waals surface area (Å²) in [6.45, 7) is 1.59. The number of amides is 1. The Bertz CT molecular complexity index is 230. The third-order valence-electron chi connectivity index (χ3n) is 1.65. The lowest BCUT2D eigenvalue weighted by Crippen LogP contribution is -2.38. The Balaban J connectivity index is 3.63. The number of carbonyl (C=O) groups is 1. The lowest BCUT2D eigenvalue weighted by atomic mass is 10.4. The molecule has 6 heteroatoms. The van der Waals surface area contributed by atoms with E-state index in [4.69, 9.17) is 21.6 Å². The fourth-order valence-corrected chi connectivity index (χ4v) is 1.21. The summed E-state index contributed by atoms with van der Waals surface area (Å²) in [5, 5.41) is 10.6. The van der Waals surface area contributed by atoms with Crippen LogP contribution in [-0.2, 0) is 9.53 Å². The molecule has 0 aliphatic heterocycles. The maximum Gasteiger partial charge on any atom is 0.234 e. The topological polar surface area (TPSA) is 65.4 Å². The predicted octanol–water partition coefficient (Wildman–Crippen LogP) is -0.188. The molecular formula is C9H16ClN3O2. The minimum atomic E-state index is -0.582. The van der Waals surface area contributed by atoms with Gasteiger partial charge in [0.2, 0.25) is 5.91 Å². The number of halogens is 1. The van der Waals surface area contributed by atoms with Gasteiger partial charge in [-0.15, -0.1) is 11.6 Å². The molecule has 0 aromatic carbocycles. The van der Waals surface area contributed by atoms with E-state index in [1.807, 2.05) is 6.07 Å². The second kappa shape index (κ2) is 8.48. The first-order valence-electron chi connectivity index (χ1n) is 4.58. The highest BCUT2D eigenvalue weighted by Gasteiger charge is 2.10. The van der Waals surface area contributed by atoms with Crippen LogP contribution < -0.4 is 5.32 Å². The molecule has 0 saturated carbocycles. The van der Waals surface area contributed by atoms with Gasteiger partial charge in [-0.05, 0) is 7.05 Å². The van der Waals surface area contributed by atoms with Gasteiger partial charge in [-0.25, -0.2) is 0 Å². The second-order valence-electron chi connectivity index (χ2n) is 3.14. The van der Waals surface area contributed by atoms with E-state index in [1.165, 1.54) is 0 Å². The highest BCUT2D eigenvalue weighted by molar-refractivity contribution is 6.22. The van der Waals surface area contributed by atoms with E-state index in [0.29, 0.717) is 19.7 Å². The molecule has 0 spiro atoms. The fourth-order valence-electron chi connectivity index (χ4n) is 0.973. The molecule has 0 aliphatic carbocycles. The van der Waals surface area contributed by atoms with E-state index in [1.54, 1.807) is 19.1 Å². The van der Waals surface area contributed by atoms with E-state index in [2.05, 4.69) is 5.32 Å². The van der Waals surface area contributed by atoms with E-state index in [9.17, 15) is 4.79 Å². The van der Waals surface area contributed by atoms with Crippen molar-refractivity contribution in [3.05, 3.63) is 0 Å². The van der Waals surface area contributed by atoms with Crippen molar-refractivity contribution in [1.82, 2.24) is 10.2 Å². The van der Waals surface area contributed by atoms with Crippen molar-refractivity contribution in [1.29, 1.82) is 5.26 Å². The van der Waals surface area contributed by atoms with E-state index in [-0.39, 0.29) is 12.5 Å². The number of nitrogens with zero attached hydrogens (tertiary/aromatic N) is 2. The van der Waals surface area contributed by atoms with Gasteiger partial charge in [0, 0.05) is 20.2 Å². The molecule has 86 valence electrons. The van der Waals surface area contributed by atoms with Crippen LogP contribution in [0, 0.1) is 11.3 Å². The monoisotopic (exact) mass is 233 g/mol. The van der Waals surface area contributed by atoms with Gasteiger partial charge in [0.25, 0.3) is 0 Å². The van der Waals surface area contributed by atoms with Crippen LogP contribution in [0.2, 0.25) is 0 Å². The van der Waals surface area contributed by atoms with Crippen LogP contribution in [-0.4, -0.2) is 56.6 Å². The summed E-state index contributed by atoms with van der Waals surface area (Å²) >= 11 is 5.62. The minimum absolute atomic E-state index is 0.101. The zero-order valence-electron chi connectivity index (χ0n) is 8.99. The van der Waals surface area contributed by atoms with Crippen molar-refractivity contribution < 1.29 is 9.53 Å². The molecule has 1 N–H and O–H groups in total. The third-order valence-corrected chi connectivity index (χ3v) is 1.89. The largest absolute Gasteiger partial charge is 0.383 e. The number of hydrogen-bond donors (Lipinski definition) is 1. The SMILES string of the molecule is COCCNC(=O)CN(C)CC(Cl)C#N. The lowest BCUT2D eigenvalue weighted by Gasteiger charge is -2.16. The van der Waals surface area contributed by atoms with Gasteiger partial charge in [0.05, 0.1) is 19.2 Å². The first kappa shape index (κ1) is 14.2. The molecule has 0 aromatic heterocycles. The zero-order valence-corrected chi connectivity index (χ0v) is 9.75. The summed E-state index contributed by atoms with van der Waals surface area (Å²) in [5.74, 6) is -0.101. The minimum Gasteiger partial charge on any atom is -0.383 e. The summed E-state index contributed by atoms with van der Waals surface area (Å²) < 4.78 is 4.79. The van der Waals surface area contributed by atoms with Gasteiger partial charge in [-0.1, -0.05) is 0 Å². The number of rotatable bonds is 7. The molecule has 5 nitrogen and oxygen atoms in total. The van der Waals surface area contributed by atoms with Crippen molar-refractivity contribution >= 4 is 17.5 Å². The molecule has 0 saturated heterocycles. The van der Waals surface area contributed by atoms with E-state index in [0.717, 1.165) is 0 Å². The summed E-state index contributed by atoms with van der Waals surface area (Å²) in [4.78, 5) is 13.0. The summed E-state index contributed by atoms with van der Waals surface area (Å²) in [5.41, 5.74) is 0. The number of methoxy groups -OCH3 is 1. The van der Waals surface area contributed by atoms with E-state index < -0.39 is 5.38 Å². The molecule has 1 atom stereocenters. The maximum atomic E-state index is 11.3. The van der Waals surface area contributed by atoms with Gasteiger partial charge in [-0.3, -0.25) is 9.69 Å². The molecule has 0 heterocycles. The van der Waals surface area contributed by atoms with Crippen LogP contribution >= 0.6 is 11.6 Å². The third kappa shape index (κ3) is 8.18. The molecular weight excluding hydrogens is 218 g/mol. The van der Waals surface area contributed by atoms with Crippen LogP contribution in [0.3, 0.4) is 0 Å². The van der Waals surface area contributed by atoms with Crippen LogP contribution in [0.5, 0.6) is 0 Å². The number of likely N-dealkylation sites (N-methyl/N-ethyl adjacent to an activating group) is 1. The molecule has 0 rings (SSSR count). The highest BCUT2D eigenvalue weighted by Crippen LogP contribution is 1.95. The molecule has 1 unspecified atom stereocenters. The van der Waals surface area contributed by atoms with Crippen molar-refractivity contribution in [2.24, 2.45) is 0 Å². The Morgan fingerprint density at radius 1 is 1.73 bits per heavy atom. The molecule has 0 aliphatic rings. The molecule has 0 radical (unpaired) electrons. The molecule has 0 bridgehead atoms. The summed E-state index contributed by atoms with van der Waals surface area (Å²) in [6.07, 6.45) is 0. The van der Waals surface area contributed by atoms with Crippen molar-refractivity contribution in [3.8, 4) is 6.07 Å². The highest BCUT2D eigenvalue weighted by atomic mass is 35.5. The van der Waals surface area contributed by atoms with Crippen molar-refractivity contribution in [3.63, 3.8) is 0 Å². The molecule has 0 aromatic rings. The number of carbonyl (C=O) groups excluding carboxylic acids is 1. The first-order valence-corrected chi connectivity index (χ1v) is 5.01. The summed E-state index contributed by atoms with van der Waals surface area (Å²) in [6, 6.07) is 1.89. The predicted molar refractivity (Wildman–Crippen MR) is 57.6 cm³/mol. The van der Waals surface area contributed by atoms with Gasteiger partial charge >= 0.3 is 0 Å². The van der Waals surface area contributed by atoms with Crippen LogP contribution in [0.1, 0.15) is 0 Å². The number of hydrogen-bond acceptors (Lipinski definition) is 4. The van der Waals surface area contributed by atoms with E-state index >= 15 is 0 Å². The normalized spacial score (nSPS) is 12.2. The quantitative estimate of drug-likeness (QED) is 0.489. The first-order chi connectivity index (χ1) is 7.10. The zero-order chi connectivity index (χ0) is 11.7. The molecule has 15 heavy (non-hydrogen) atoms. The Kier molecular flexibility index (Phi) is 8.01.